The second-order valence-corrected chi connectivity index (χ2v) is 3.84. The van der Waals surface area contributed by atoms with Crippen LogP contribution in [0.4, 0.5) is 0 Å². The second kappa shape index (κ2) is 6.25. The summed E-state index contributed by atoms with van der Waals surface area (Å²) in [6.45, 7) is 4.11. The van der Waals surface area contributed by atoms with Gasteiger partial charge in [-0.15, -0.1) is 0 Å². The first-order valence-corrected chi connectivity index (χ1v) is 5.64. The fourth-order valence-corrected chi connectivity index (χ4v) is 1.58. The summed E-state index contributed by atoms with van der Waals surface area (Å²) in [5.41, 5.74) is 7.86. The van der Waals surface area contributed by atoms with E-state index < -0.39 is 0 Å². The molecular weight excluding hydrogens is 218 g/mol. The summed E-state index contributed by atoms with van der Waals surface area (Å²) >= 11 is 0. The Labute approximate surface area is 102 Å². The Kier molecular flexibility index (Phi) is 4.97. The summed E-state index contributed by atoms with van der Waals surface area (Å²) in [6.07, 6.45) is 0.181. The lowest BCUT2D eigenvalue weighted by molar-refractivity contribution is -0.143. The van der Waals surface area contributed by atoms with Crippen LogP contribution in [0.25, 0.3) is 0 Å². The summed E-state index contributed by atoms with van der Waals surface area (Å²) in [6, 6.07) is 5.34. The van der Waals surface area contributed by atoms with E-state index in [9.17, 15) is 4.79 Å². The molecule has 4 heteroatoms. The molecule has 0 heterocycles. The first-order chi connectivity index (χ1) is 8.08. The Balaban J connectivity index is 2.75. The highest BCUT2D eigenvalue weighted by Crippen LogP contribution is 2.23. The van der Waals surface area contributed by atoms with Crippen LogP contribution in [-0.4, -0.2) is 19.7 Å². The highest BCUT2D eigenvalue weighted by atomic mass is 16.5. The van der Waals surface area contributed by atoms with E-state index in [0.717, 1.165) is 16.9 Å². The monoisotopic (exact) mass is 237 g/mol. The molecule has 0 saturated carbocycles. The van der Waals surface area contributed by atoms with Crippen molar-refractivity contribution in [1.82, 2.24) is 0 Å². The average Bonchev–Trinajstić information content (AvgIpc) is 2.29. The minimum Gasteiger partial charge on any atom is -0.496 e. The molecular formula is C13H19NO3. The van der Waals surface area contributed by atoms with Crippen molar-refractivity contribution in [2.45, 2.75) is 26.3 Å². The van der Waals surface area contributed by atoms with Crippen molar-refractivity contribution in [3.05, 3.63) is 29.3 Å². The third-order valence-corrected chi connectivity index (χ3v) is 2.55. The summed E-state index contributed by atoms with van der Waals surface area (Å²) in [4.78, 5) is 11.3. The lowest BCUT2D eigenvalue weighted by Gasteiger charge is -2.13. The van der Waals surface area contributed by atoms with Gasteiger partial charge < -0.3 is 15.2 Å². The maximum absolute atomic E-state index is 11.3. The van der Waals surface area contributed by atoms with Gasteiger partial charge in [0, 0.05) is 6.04 Å². The van der Waals surface area contributed by atoms with Crippen LogP contribution < -0.4 is 10.5 Å². The standard InChI is InChI=1S/C13H19NO3/c1-4-17-13(15)8-11(14)10-6-5-9(2)12(7-10)16-3/h5-7,11H,4,8,14H2,1-3H3/t11-/m1/s1. The molecule has 0 amide bonds. The van der Waals surface area contributed by atoms with Crippen LogP contribution in [0, 0.1) is 6.92 Å². The van der Waals surface area contributed by atoms with Crippen molar-refractivity contribution in [2.75, 3.05) is 13.7 Å². The Morgan fingerprint density at radius 3 is 2.76 bits per heavy atom. The van der Waals surface area contributed by atoms with Gasteiger partial charge in [-0.2, -0.15) is 0 Å². The van der Waals surface area contributed by atoms with Gasteiger partial charge in [-0.1, -0.05) is 12.1 Å². The molecule has 0 fully saturated rings. The van der Waals surface area contributed by atoms with Gasteiger partial charge in [0.2, 0.25) is 0 Å². The summed E-state index contributed by atoms with van der Waals surface area (Å²) in [5.74, 6) is 0.501. The molecule has 1 atom stereocenters. The minimum absolute atomic E-state index is 0.181. The summed E-state index contributed by atoms with van der Waals surface area (Å²) in [7, 11) is 1.61. The molecule has 1 aromatic carbocycles. The topological polar surface area (TPSA) is 61.5 Å². The van der Waals surface area contributed by atoms with Crippen LogP contribution in [0.1, 0.15) is 30.5 Å². The maximum atomic E-state index is 11.3. The molecule has 0 aliphatic heterocycles. The Morgan fingerprint density at radius 1 is 1.47 bits per heavy atom. The van der Waals surface area contributed by atoms with E-state index in [-0.39, 0.29) is 18.4 Å². The third-order valence-electron chi connectivity index (χ3n) is 2.55. The van der Waals surface area contributed by atoms with Gasteiger partial charge in [-0.05, 0) is 31.0 Å². The molecule has 0 bridgehead atoms. The van der Waals surface area contributed by atoms with Gasteiger partial charge >= 0.3 is 5.97 Å². The number of methoxy groups -OCH3 is 1. The lowest BCUT2D eigenvalue weighted by Crippen LogP contribution is -2.17. The van der Waals surface area contributed by atoms with Gasteiger partial charge in [0.1, 0.15) is 5.75 Å². The highest BCUT2D eigenvalue weighted by Gasteiger charge is 2.13. The number of carbonyl (C=O) groups excluding carboxylic acids is 1. The fourth-order valence-electron chi connectivity index (χ4n) is 1.58. The van der Waals surface area contributed by atoms with E-state index >= 15 is 0 Å². The van der Waals surface area contributed by atoms with E-state index in [0.29, 0.717) is 6.61 Å². The van der Waals surface area contributed by atoms with Crippen molar-refractivity contribution >= 4 is 5.97 Å². The molecule has 0 aromatic heterocycles. The Hall–Kier alpha value is -1.55. The molecule has 94 valence electrons. The average molecular weight is 237 g/mol. The normalized spacial score (nSPS) is 12.0. The zero-order valence-corrected chi connectivity index (χ0v) is 10.5. The number of hydrogen-bond donors (Lipinski definition) is 1. The largest absolute Gasteiger partial charge is 0.496 e. The Morgan fingerprint density at radius 2 is 2.18 bits per heavy atom. The molecule has 0 aliphatic carbocycles. The third kappa shape index (κ3) is 3.75. The molecule has 0 saturated heterocycles. The molecule has 0 aliphatic rings. The molecule has 4 nitrogen and oxygen atoms in total. The minimum atomic E-state index is -0.358. The number of hydrogen-bond acceptors (Lipinski definition) is 4. The molecule has 0 radical (unpaired) electrons. The smallest absolute Gasteiger partial charge is 0.307 e. The zero-order chi connectivity index (χ0) is 12.8. The van der Waals surface area contributed by atoms with Crippen LogP contribution in [0.2, 0.25) is 0 Å². The van der Waals surface area contributed by atoms with E-state index in [1.165, 1.54) is 0 Å². The predicted molar refractivity (Wildman–Crippen MR) is 65.9 cm³/mol. The SMILES string of the molecule is CCOC(=O)C[C@@H](N)c1ccc(C)c(OC)c1. The van der Waals surface area contributed by atoms with Crippen LogP contribution in [-0.2, 0) is 9.53 Å². The number of esters is 1. The van der Waals surface area contributed by atoms with Crippen molar-refractivity contribution in [1.29, 1.82) is 0 Å². The fraction of sp³-hybridized carbons (Fsp3) is 0.462. The lowest BCUT2D eigenvalue weighted by atomic mass is 10.0. The quantitative estimate of drug-likeness (QED) is 0.795. The van der Waals surface area contributed by atoms with Crippen molar-refractivity contribution < 1.29 is 14.3 Å². The van der Waals surface area contributed by atoms with Gasteiger partial charge in [-0.25, -0.2) is 0 Å². The van der Waals surface area contributed by atoms with Gasteiger partial charge in [0.15, 0.2) is 0 Å². The number of nitrogens with two attached hydrogens (primary N) is 1. The van der Waals surface area contributed by atoms with Crippen LogP contribution in [0.15, 0.2) is 18.2 Å². The van der Waals surface area contributed by atoms with Crippen molar-refractivity contribution in [3.8, 4) is 5.75 Å². The first-order valence-electron chi connectivity index (χ1n) is 5.64. The number of ether oxygens (including phenoxy) is 2. The zero-order valence-electron chi connectivity index (χ0n) is 10.5. The number of aryl methyl sites for hydroxylation is 1. The van der Waals surface area contributed by atoms with E-state index in [4.69, 9.17) is 15.2 Å². The highest BCUT2D eigenvalue weighted by molar-refractivity contribution is 5.70. The maximum Gasteiger partial charge on any atom is 0.307 e. The molecule has 0 spiro atoms. The first kappa shape index (κ1) is 13.5. The van der Waals surface area contributed by atoms with Gasteiger partial charge in [0.25, 0.3) is 0 Å². The van der Waals surface area contributed by atoms with Gasteiger partial charge in [0.05, 0.1) is 20.1 Å². The van der Waals surface area contributed by atoms with E-state index in [1.54, 1.807) is 14.0 Å². The van der Waals surface area contributed by atoms with Crippen LogP contribution >= 0.6 is 0 Å². The van der Waals surface area contributed by atoms with Crippen molar-refractivity contribution in [2.24, 2.45) is 5.73 Å². The van der Waals surface area contributed by atoms with Crippen LogP contribution in [0.3, 0.4) is 0 Å². The van der Waals surface area contributed by atoms with Crippen molar-refractivity contribution in [3.63, 3.8) is 0 Å². The summed E-state index contributed by atoms with van der Waals surface area (Å²) in [5, 5.41) is 0. The molecule has 1 aromatic rings. The van der Waals surface area contributed by atoms with E-state index in [1.807, 2.05) is 25.1 Å². The second-order valence-electron chi connectivity index (χ2n) is 3.84. The molecule has 0 unspecified atom stereocenters. The molecule has 1 rings (SSSR count). The number of benzene rings is 1. The molecule has 2 N–H and O–H groups in total. The van der Waals surface area contributed by atoms with Gasteiger partial charge in [-0.3, -0.25) is 4.79 Å². The van der Waals surface area contributed by atoms with E-state index in [2.05, 4.69) is 0 Å². The predicted octanol–water partition coefficient (Wildman–Crippen LogP) is 1.96. The summed E-state index contributed by atoms with van der Waals surface area (Å²) < 4.78 is 10.1. The number of rotatable bonds is 5. The number of carbonyl (C=O) groups is 1. The Bertz CT molecular complexity index is 390. The molecule has 17 heavy (non-hydrogen) atoms. The van der Waals surface area contributed by atoms with Crippen LogP contribution in [0.5, 0.6) is 5.75 Å².